The van der Waals surface area contributed by atoms with Crippen molar-refractivity contribution < 1.29 is 9.59 Å². The van der Waals surface area contributed by atoms with Gasteiger partial charge in [-0.2, -0.15) is 0 Å². The molecule has 120 valence electrons. The molecule has 2 rings (SSSR count). The topological polar surface area (TPSA) is 49.4 Å². The molecule has 0 unspecified atom stereocenters. The first kappa shape index (κ1) is 17.0. The van der Waals surface area contributed by atoms with Gasteiger partial charge in [0, 0.05) is 37.5 Å². The smallest absolute Gasteiger partial charge is 0.224 e. The van der Waals surface area contributed by atoms with E-state index in [9.17, 15) is 9.59 Å². The minimum Gasteiger partial charge on any atom is -0.376 e. The van der Waals surface area contributed by atoms with Crippen molar-refractivity contribution in [3.05, 3.63) is 59.1 Å². The highest BCUT2D eigenvalue weighted by atomic mass is 35.5. The molecular formula is C18H19ClN2O2. The van der Waals surface area contributed by atoms with Gasteiger partial charge in [0.15, 0.2) is 5.78 Å². The SMILES string of the molecule is CN(C)c1ccc(Cl)cc1NC(=O)CCC(=O)c1ccccc1. The summed E-state index contributed by atoms with van der Waals surface area (Å²) in [6.07, 6.45) is 0.306. The zero-order chi connectivity index (χ0) is 16.8. The summed E-state index contributed by atoms with van der Waals surface area (Å²) in [5.74, 6) is -0.251. The Kier molecular flexibility index (Phi) is 5.77. The van der Waals surface area contributed by atoms with Crippen LogP contribution in [-0.4, -0.2) is 25.8 Å². The number of Topliss-reactive ketones (excluding diaryl/α,β-unsaturated/α-hetero) is 1. The van der Waals surface area contributed by atoms with Crippen LogP contribution in [0.5, 0.6) is 0 Å². The Morgan fingerprint density at radius 2 is 1.74 bits per heavy atom. The van der Waals surface area contributed by atoms with Crippen LogP contribution in [0.4, 0.5) is 11.4 Å². The molecule has 23 heavy (non-hydrogen) atoms. The molecule has 5 heteroatoms. The second kappa shape index (κ2) is 7.79. The molecule has 0 aliphatic carbocycles. The van der Waals surface area contributed by atoms with E-state index in [0.29, 0.717) is 16.3 Å². The number of ketones is 1. The molecule has 0 spiro atoms. The van der Waals surface area contributed by atoms with Crippen molar-refractivity contribution in [2.45, 2.75) is 12.8 Å². The van der Waals surface area contributed by atoms with E-state index in [0.717, 1.165) is 5.69 Å². The molecule has 1 N–H and O–H groups in total. The van der Waals surface area contributed by atoms with Gasteiger partial charge >= 0.3 is 0 Å². The lowest BCUT2D eigenvalue weighted by molar-refractivity contribution is -0.116. The second-order valence-corrected chi connectivity index (χ2v) is 5.83. The van der Waals surface area contributed by atoms with Crippen LogP contribution in [-0.2, 0) is 4.79 Å². The van der Waals surface area contributed by atoms with E-state index in [1.807, 2.05) is 43.3 Å². The van der Waals surface area contributed by atoms with E-state index < -0.39 is 0 Å². The maximum atomic E-state index is 12.1. The van der Waals surface area contributed by atoms with E-state index >= 15 is 0 Å². The fraction of sp³-hybridized carbons (Fsp3) is 0.222. The molecule has 0 aliphatic rings. The largest absolute Gasteiger partial charge is 0.376 e. The monoisotopic (exact) mass is 330 g/mol. The molecule has 0 aliphatic heterocycles. The first-order valence-corrected chi connectivity index (χ1v) is 7.70. The van der Waals surface area contributed by atoms with E-state index in [4.69, 9.17) is 11.6 Å². The van der Waals surface area contributed by atoms with Gasteiger partial charge in [-0.3, -0.25) is 9.59 Å². The van der Waals surface area contributed by atoms with Crippen LogP contribution < -0.4 is 10.2 Å². The molecule has 4 nitrogen and oxygen atoms in total. The summed E-state index contributed by atoms with van der Waals surface area (Å²) in [5, 5.41) is 3.37. The van der Waals surface area contributed by atoms with Crippen molar-refractivity contribution in [2.24, 2.45) is 0 Å². The number of anilines is 2. The van der Waals surface area contributed by atoms with E-state index in [-0.39, 0.29) is 24.5 Å². The van der Waals surface area contributed by atoms with E-state index in [1.165, 1.54) is 0 Å². The summed E-state index contributed by atoms with van der Waals surface area (Å²) in [5.41, 5.74) is 2.12. The van der Waals surface area contributed by atoms with Crippen LogP contribution in [0.2, 0.25) is 5.02 Å². The Hall–Kier alpha value is -2.33. The van der Waals surface area contributed by atoms with Gasteiger partial charge in [-0.1, -0.05) is 41.9 Å². The van der Waals surface area contributed by atoms with Crippen molar-refractivity contribution in [3.63, 3.8) is 0 Å². The lowest BCUT2D eigenvalue weighted by Gasteiger charge is -2.18. The number of halogens is 1. The molecule has 0 fully saturated rings. The number of benzene rings is 2. The summed E-state index contributed by atoms with van der Waals surface area (Å²) >= 11 is 5.99. The van der Waals surface area contributed by atoms with Crippen molar-refractivity contribution >= 4 is 34.7 Å². The van der Waals surface area contributed by atoms with Gasteiger partial charge in [-0.25, -0.2) is 0 Å². The third kappa shape index (κ3) is 4.83. The number of hydrogen-bond donors (Lipinski definition) is 1. The van der Waals surface area contributed by atoms with Gasteiger partial charge in [0.1, 0.15) is 0 Å². The van der Waals surface area contributed by atoms with E-state index in [1.54, 1.807) is 24.3 Å². The Morgan fingerprint density at radius 1 is 1.04 bits per heavy atom. The highest BCUT2D eigenvalue weighted by Crippen LogP contribution is 2.28. The number of carbonyl (C=O) groups is 2. The number of rotatable bonds is 6. The number of amides is 1. The van der Waals surface area contributed by atoms with Gasteiger partial charge in [0.05, 0.1) is 11.4 Å². The second-order valence-electron chi connectivity index (χ2n) is 5.39. The van der Waals surface area contributed by atoms with Crippen LogP contribution >= 0.6 is 11.6 Å². The van der Waals surface area contributed by atoms with Gasteiger partial charge in [0.25, 0.3) is 0 Å². The highest BCUT2D eigenvalue weighted by Gasteiger charge is 2.12. The fourth-order valence-corrected chi connectivity index (χ4v) is 2.38. The molecule has 0 saturated heterocycles. The van der Waals surface area contributed by atoms with E-state index in [2.05, 4.69) is 5.32 Å². The first-order valence-electron chi connectivity index (χ1n) is 7.32. The third-order valence-corrected chi connectivity index (χ3v) is 3.62. The minimum absolute atomic E-state index is 0.0420. The summed E-state index contributed by atoms with van der Waals surface area (Å²) < 4.78 is 0. The predicted molar refractivity (Wildman–Crippen MR) is 94.4 cm³/mol. The molecule has 2 aromatic rings. The number of nitrogens with zero attached hydrogens (tertiary/aromatic N) is 1. The summed E-state index contributed by atoms with van der Waals surface area (Å²) in [6.45, 7) is 0. The van der Waals surface area contributed by atoms with Crippen LogP contribution in [0.3, 0.4) is 0 Å². The Balaban J connectivity index is 1.98. The summed E-state index contributed by atoms with van der Waals surface area (Å²) in [6, 6.07) is 14.3. The van der Waals surface area contributed by atoms with Crippen LogP contribution in [0.15, 0.2) is 48.5 Å². The summed E-state index contributed by atoms with van der Waals surface area (Å²) in [7, 11) is 3.77. The molecular weight excluding hydrogens is 312 g/mol. The quantitative estimate of drug-likeness (QED) is 0.814. The number of hydrogen-bond acceptors (Lipinski definition) is 3. The molecule has 0 radical (unpaired) electrons. The van der Waals surface area contributed by atoms with Crippen molar-refractivity contribution in [2.75, 3.05) is 24.3 Å². The van der Waals surface area contributed by atoms with Crippen LogP contribution in [0.1, 0.15) is 23.2 Å². The van der Waals surface area contributed by atoms with Gasteiger partial charge in [-0.15, -0.1) is 0 Å². The minimum atomic E-state index is -0.209. The maximum Gasteiger partial charge on any atom is 0.224 e. The fourth-order valence-electron chi connectivity index (χ4n) is 2.21. The Labute approximate surface area is 141 Å². The molecule has 0 heterocycles. The normalized spacial score (nSPS) is 10.2. The first-order chi connectivity index (χ1) is 11.0. The zero-order valence-corrected chi connectivity index (χ0v) is 13.9. The van der Waals surface area contributed by atoms with Gasteiger partial charge in [-0.05, 0) is 18.2 Å². The number of carbonyl (C=O) groups excluding carboxylic acids is 2. The average Bonchev–Trinajstić information content (AvgIpc) is 2.53. The lowest BCUT2D eigenvalue weighted by atomic mass is 10.1. The van der Waals surface area contributed by atoms with Gasteiger partial charge < -0.3 is 10.2 Å². The standard InChI is InChI=1S/C18H19ClN2O2/c1-21(2)16-9-8-14(19)12-15(16)20-18(23)11-10-17(22)13-6-4-3-5-7-13/h3-9,12H,10-11H2,1-2H3,(H,20,23). The Bertz CT molecular complexity index is 699. The molecule has 0 atom stereocenters. The third-order valence-electron chi connectivity index (χ3n) is 3.39. The average molecular weight is 331 g/mol. The molecule has 0 saturated carbocycles. The maximum absolute atomic E-state index is 12.1. The van der Waals surface area contributed by atoms with Crippen molar-refractivity contribution in [1.82, 2.24) is 0 Å². The molecule has 0 aromatic heterocycles. The zero-order valence-electron chi connectivity index (χ0n) is 13.2. The lowest BCUT2D eigenvalue weighted by Crippen LogP contribution is -2.17. The molecule has 1 amide bonds. The van der Waals surface area contributed by atoms with Gasteiger partial charge in [0.2, 0.25) is 5.91 Å². The van der Waals surface area contributed by atoms with Crippen LogP contribution in [0.25, 0.3) is 0 Å². The van der Waals surface area contributed by atoms with Crippen molar-refractivity contribution in [3.8, 4) is 0 Å². The molecule has 2 aromatic carbocycles. The Morgan fingerprint density at radius 3 is 2.39 bits per heavy atom. The highest BCUT2D eigenvalue weighted by molar-refractivity contribution is 6.31. The number of nitrogens with one attached hydrogen (secondary N) is 1. The molecule has 0 bridgehead atoms. The van der Waals surface area contributed by atoms with Crippen molar-refractivity contribution in [1.29, 1.82) is 0 Å². The predicted octanol–water partition coefficient (Wildman–Crippen LogP) is 4.01. The summed E-state index contributed by atoms with van der Waals surface area (Å²) in [4.78, 5) is 26.0. The van der Waals surface area contributed by atoms with Crippen LogP contribution in [0, 0.1) is 0 Å².